The van der Waals surface area contributed by atoms with Gasteiger partial charge in [-0.25, -0.2) is 9.97 Å². The number of aromatic nitrogens is 2. The highest BCUT2D eigenvalue weighted by Gasteiger charge is 2.36. The number of rotatable bonds is 5. The fourth-order valence-corrected chi connectivity index (χ4v) is 8.40. The zero-order valence-corrected chi connectivity index (χ0v) is 29.7. The molecule has 0 N–H and O–H groups in total. The van der Waals surface area contributed by atoms with Crippen molar-refractivity contribution in [1.29, 1.82) is 0 Å². The summed E-state index contributed by atoms with van der Waals surface area (Å²) in [5.41, 5.74) is 15.1. The normalized spacial score (nSPS) is 12.9. The Labute approximate surface area is 310 Å². The van der Waals surface area contributed by atoms with E-state index in [9.17, 15) is 0 Å². The lowest BCUT2D eigenvalue weighted by atomic mass is 9.81. The van der Waals surface area contributed by atoms with Gasteiger partial charge in [-0.1, -0.05) is 172 Å². The summed E-state index contributed by atoms with van der Waals surface area (Å²) in [6, 6.07) is 65.3. The molecular formula is C51H36N2. The van der Waals surface area contributed by atoms with Crippen molar-refractivity contribution in [3.63, 3.8) is 0 Å². The first kappa shape index (κ1) is 31.1. The van der Waals surface area contributed by atoms with Crippen molar-refractivity contribution >= 4 is 21.5 Å². The fourth-order valence-electron chi connectivity index (χ4n) is 8.40. The molecule has 2 nitrogen and oxygen atoms in total. The SMILES string of the molecule is CC1(C)c2ccc(-c3ccc(-c4nc(-c5ccccc5)cc(-c5cccc(-c6ccccc6)c5)n4)c4ccccc34)cc2-c2c1ccc1ccccc21. The molecule has 9 aromatic rings. The molecule has 0 saturated heterocycles. The van der Waals surface area contributed by atoms with E-state index in [1.165, 1.54) is 55.1 Å². The first-order valence-corrected chi connectivity index (χ1v) is 18.3. The van der Waals surface area contributed by atoms with E-state index in [0.717, 1.165) is 39.0 Å². The van der Waals surface area contributed by atoms with E-state index in [0.29, 0.717) is 5.82 Å². The van der Waals surface area contributed by atoms with Crippen LogP contribution in [-0.4, -0.2) is 9.97 Å². The lowest BCUT2D eigenvalue weighted by molar-refractivity contribution is 0.661. The molecule has 2 heteroatoms. The van der Waals surface area contributed by atoms with Crippen LogP contribution < -0.4 is 0 Å². The Balaban J connectivity index is 1.14. The minimum Gasteiger partial charge on any atom is -0.228 e. The topological polar surface area (TPSA) is 25.8 Å². The third-order valence-corrected chi connectivity index (χ3v) is 11.1. The van der Waals surface area contributed by atoms with Gasteiger partial charge in [0.25, 0.3) is 0 Å². The summed E-state index contributed by atoms with van der Waals surface area (Å²) in [4.78, 5) is 10.5. The highest BCUT2D eigenvalue weighted by Crippen LogP contribution is 2.52. The Hall–Kier alpha value is -6.64. The first-order chi connectivity index (χ1) is 26.0. The van der Waals surface area contributed by atoms with Gasteiger partial charge in [-0.05, 0) is 90.3 Å². The van der Waals surface area contributed by atoms with E-state index < -0.39 is 0 Å². The van der Waals surface area contributed by atoms with Crippen molar-refractivity contribution in [3.8, 4) is 67.3 Å². The smallest absolute Gasteiger partial charge is 0.161 e. The Morgan fingerprint density at radius 3 is 1.72 bits per heavy atom. The Morgan fingerprint density at radius 1 is 0.358 bits per heavy atom. The second kappa shape index (κ2) is 12.3. The van der Waals surface area contributed by atoms with E-state index in [1.807, 2.05) is 6.07 Å². The average Bonchev–Trinajstić information content (AvgIpc) is 3.46. The summed E-state index contributed by atoms with van der Waals surface area (Å²) in [5, 5.41) is 4.90. The third kappa shape index (κ3) is 5.18. The van der Waals surface area contributed by atoms with Crippen molar-refractivity contribution in [1.82, 2.24) is 9.97 Å². The molecule has 0 spiro atoms. The number of hydrogen-bond acceptors (Lipinski definition) is 2. The maximum Gasteiger partial charge on any atom is 0.161 e. The number of fused-ring (bicyclic) bond motifs is 6. The molecular weight excluding hydrogens is 641 g/mol. The van der Waals surface area contributed by atoms with Gasteiger partial charge in [0.1, 0.15) is 0 Å². The van der Waals surface area contributed by atoms with Crippen LogP contribution in [0.25, 0.3) is 88.8 Å². The number of nitrogens with zero attached hydrogens (tertiary/aromatic N) is 2. The van der Waals surface area contributed by atoms with Crippen LogP contribution in [-0.2, 0) is 5.41 Å². The van der Waals surface area contributed by atoms with Crippen molar-refractivity contribution < 1.29 is 0 Å². The van der Waals surface area contributed by atoms with Crippen LogP contribution in [0.2, 0.25) is 0 Å². The molecule has 1 aliphatic rings. The Kier molecular flexibility index (Phi) is 7.19. The maximum atomic E-state index is 5.29. The largest absolute Gasteiger partial charge is 0.228 e. The molecule has 0 bridgehead atoms. The van der Waals surface area contributed by atoms with Gasteiger partial charge in [0.15, 0.2) is 5.82 Å². The van der Waals surface area contributed by atoms with E-state index in [2.05, 4.69) is 190 Å². The van der Waals surface area contributed by atoms with Crippen LogP contribution in [0.4, 0.5) is 0 Å². The van der Waals surface area contributed by atoms with Gasteiger partial charge in [0.05, 0.1) is 11.4 Å². The average molecular weight is 677 g/mol. The quantitative estimate of drug-likeness (QED) is 0.181. The molecule has 0 unspecified atom stereocenters. The predicted molar refractivity (Wildman–Crippen MR) is 222 cm³/mol. The van der Waals surface area contributed by atoms with E-state index in [1.54, 1.807) is 0 Å². The molecule has 1 heterocycles. The monoisotopic (exact) mass is 676 g/mol. The van der Waals surface area contributed by atoms with Gasteiger partial charge in [-0.2, -0.15) is 0 Å². The van der Waals surface area contributed by atoms with Gasteiger partial charge in [-0.3, -0.25) is 0 Å². The zero-order valence-electron chi connectivity index (χ0n) is 29.7. The van der Waals surface area contributed by atoms with Gasteiger partial charge >= 0.3 is 0 Å². The molecule has 10 rings (SSSR count). The van der Waals surface area contributed by atoms with Crippen molar-refractivity contribution in [2.24, 2.45) is 0 Å². The highest BCUT2D eigenvalue weighted by molar-refractivity contribution is 6.07. The van der Waals surface area contributed by atoms with Gasteiger partial charge in [0.2, 0.25) is 0 Å². The molecule has 1 aromatic heterocycles. The molecule has 250 valence electrons. The van der Waals surface area contributed by atoms with Crippen LogP contribution >= 0.6 is 0 Å². The van der Waals surface area contributed by atoms with Gasteiger partial charge in [0, 0.05) is 22.1 Å². The number of hydrogen-bond donors (Lipinski definition) is 0. The third-order valence-electron chi connectivity index (χ3n) is 11.1. The van der Waals surface area contributed by atoms with Crippen LogP contribution in [0.15, 0.2) is 182 Å². The summed E-state index contributed by atoms with van der Waals surface area (Å²) in [7, 11) is 0. The van der Waals surface area contributed by atoms with E-state index in [-0.39, 0.29) is 5.41 Å². The minimum absolute atomic E-state index is 0.0709. The predicted octanol–water partition coefficient (Wildman–Crippen LogP) is 13.4. The minimum atomic E-state index is -0.0709. The zero-order chi connectivity index (χ0) is 35.5. The maximum absolute atomic E-state index is 5.29. The molecule has 0 atom stereocenters. The number of benzene rings is 8. The Morgan fingerprint density at radius 2 is 0.943 bits per heavy atom. The van der Waals surface area contributed by atoms with Gasteiger partial charge < -0.3 is 0 Å². The Bertz CT molecular complexity index is 2850. The highest BCUT2D eigenvalue weighted by atomic mass is 14.9. The summed E-state index contributed by atoms with van der Waals surface area (Å²) in [6.07, 6.45) is 0. The molecule has 0 amide bonds. The second-order valence-electron chi connectivity index (χ2n) is 14.6. The van der Waals surface area contributed by atoms with Crippen LogP contribution in [0.1, 0.15) is 25.0 Å². The summed E-state index contributed by atoms with van der Waals surface area (Å²) < 4.78 is 0. The van der Waals surface area contributed by atoms with Crippen LogP contribution in [0.5, 0.6) is 0 Å². The van der Waals surface area contributed by atoms with Crippen molar-refractivity contribution in [2.75, 3.05) is 0 Å². The summed E-state index contributed by atoms with van der Waals surface area (Å²) in [6.45, 7) is 4.71. The van der Waals surface area contributed by atoms with Crippen molar-refractivity contribution in [2.45, 2.75) is 19.3 Å². The lowest BCUT2D eigenvalue weighted by Crippen LogP contribution is -2.14. The van der Waals surface area contributed by atoms with Gasteiger partial charge in [-0.15, -0.1) is 0 Å². The van der Waals surface area contributed by atoms with Crippen molar-refractivity contribution in [3.05, 3.63) is 193 Å². The summed E-state index contributed by atoms with van der Waals surface area (Å²) in [5.74, 6) is 0.713. The molecule has 8 aromatic carbocycles. The van der Waals surface area contributed by atoms with Crippen LogP contribution in [0.3, 0.4) is 0 Å². The standard InChI is InChI=1S/C51H36N2/c1-51(2)45-28-25-37(31-44(45)49-40-21-10-9-16-34(40)24-29-46(49)51)39-26-27-43(42-23-12-11-22-41(39)42)50-52-47(35-17-7-4-8-18-35)32-48(53-50)38-20-13-19-36(30-38)33-14-5-3-6-15-33/h3-32H,1-2H3. The molecule has 0 fully saturated rings. The molecule has 1 aliphatic carbocycles. The first-order valence-electron chi connectivity index (χ1n) is 18.3. The van der Waals surface area contributed by atoms with E-state index >= 15 is 0 Å². The molecule has 0 radical (unpaired) electrons. The fraction of sp³-hybridized carbons (Fsp3) is 0.0588. The van der Waals surface area contributed by atoms with Crippen LogP contribution in [0, 0.1) is 0 Å². The summed E-state index contributed by atoms with van der Waals surface area (Å²) >= 11 is 0. The molecule has 53 heavy (non-hydrogen) atoms. The van der Waals surface area contributed by atoms with E-state index in [4.69, 9.17) is 9.97 Å². The second-order valence-corrected chi connectivity index (χ2v) is 14.6. The molecule has 0 saturated carbocycles. The molecule has 0 aliphatic heterocycles. The lowest BCUT2D eigenvalue weighted by Gasteiger charge is -2.21.